The number of rotatable bonds is 2. The summed E-state index contributed by atoms with van der Waals surface area (Å²) in [5.41, 5.74) is 11.0. The maximum Gasteiger partial charge on any atom is 0.133 e. The van der Waals surface area contributed by atoms with Crippen molar-refractivity contribution in [2.45, 2.75) is 20.8 Å². The van der Waals surface area contributed by atoms with Crippen molar-refractivity contribution >= 4 is 17.2 Å². The first-order chi connectivity index (χ1) is 8.06. The second-order valence-electron chi connectivity index (χ2n) is 4.36. The Bertz CT molecular complexity index is 547. The number of benzene rings is 1. The third-order valence-corrected chi connectivity index (χ3v) is 2.87. The zero-order valence-corrected chi connectivity index (χ0v) is 10.4. The number of anilines is 3. The molecule has 0 radical (unpaired) electrons. The Morgan fingerprint density at radius 1 is 1.00 bits per heavy atom. The molecule has 0 aliphatic rings. The maximum absolute atomic E-state index is 5.67. The molecule has 0 fully saturated rings. The zero-order valence-electron chi connectivity index (χ0n) is 10.4. The molecule has 2 rings (SSSR count). The third-order valence-electron chi connectivity index (χ3n) is 2.87. The molecular formula is C14H17N3. The van der Waals surface area contributed by atoms with Crippen molar-refractivity contribution in [3.63, 3.8) is 0 Å². The Morgan fingerprint density at radius 2 is 1.76 bits per heavy atom. The highest BCUT2D eigenvalue weighted by Gasteiger charge is 2.02. The van der Waals surface area contributed by atoms with Crippen LogP contribution >= 0.6 is 0 Å². The van der Waals surface area contributed by atoms with Crippen LogP contribution in [0.15, 0.2) is 30.5 Å². The Balaban J connectivity index is 2.28. The standard InChI is InChI=1S/C14H17N3/c1-9-4-5-13(7-10(9)2)17-14-11(3)6-12(15)8-16-14/h4-8H,15H2,1-3H3,(H,16,17). The van der Waals surface area contributed by atoms with E-state index in [-0.39, 0.29) is 0 Å². The molecule has 0 saturated carbocycles. The van der Waals surface area contributed by atoms with E-state index in [4.69, 9.17) is 5.73 Å². The first-order valence-corrected chi connectivity index (χ1v) is 5.62. The van der Waals surface area contributed by atoms with Crippen LogP contribution in [0, 0.1) is 20.8 Å². The first-order valence-electron chi connectivity index (χ1n) is 5.62. The van der Waals surface area contributed by atoms with Gasteiger partial charge in [0.25, 0.3) is 0 Å². The molecule has 0 atom stereocenters. The average molecular weight is 227 g/mol. The second-order valence-corrected chi connectivity index (χ2v) is 4.36. The molecule has 0 spiro atoms. The van der Waals surface area contributed by atoms with E-state index < -0.39 is 0 Å². The summed E-state index contributed by atoms with van der Waals surface area (Å²) in [5.74, 6) is 0.849. The molecule has 2 aromatic rings. The van der Waals surface area contributed by atoms with Crippen molar-refractivity contribution in [1.29, 1.82) is 0 Å². The fraction of sp³-hybridized carbons (Fsp3) is 0.214. The summed E-state index contributed by atoms with van der Waals surface area (Å²) in [5, 5.41) is 3.30. The monoisotopic (exact) mass is 227 g/mol. The first kappa shape index (κ1) is 11.5. The Labute approximate surface area is 102 Å². The van der Waals surface area contributed by atoms with Gasteiger partial charge in [0.05, 0.1) is 11.9 Å². The lowest BCUT2D eigenvalue weighted by molar-refractivity contribution is 1.25. The number of nitrogen functional groups attached to an aromatic ring is 1. The van der Waals surface area contributed by atoms with E-state index >= 15 is 0 Å². The van der Waals surface area contributed by atoms with Crippen LogP contribution in [-0.4, -0.2) is 4.98 Å². The quantitative estimate of drug-likeness (QED) is 0.827. The van der Waals surface area contributed by atoms with Gasteiger partial charge in [-0.05, 0) is 55.7 Å². The van der Waals surface area contributed by atoms with Crippen LogP contribution in [0.4, 0.5) is 17.2 Å². The number of hydrogen-bond acceptors (Lipinski definition) is 3. The highest BCUT2D eigenvalue weighted by atomic mass is 15.0. The summed E-state index contributed by atoms with van der Waals surface area (Å²) in [6.07, 6.45) is 1.66. The predicted molar refractivity (Wildman–Crippen MR) is 72.6 cm³/mol. The van der Waals surface area contributed by atoms with Crippen LogP contribution in [0.3, 0.4) is 0 Å². The van der Waals surface area contributed by atoms with Gasteiger partial charge < -0.3 is 11.1 Å². The molecule has 3 heteroatoms. The van der Waals surface area contributed by atoms with E-state index in [1.807, 2.05) is 13.0 Å². The fourth-order valence-electron chi connectivity index (χ4n) is 1.68. The Morgan fingerprint density at radius 3 is 2.41 bits per heavy atom. The van der Waals surface area contributed by atoms with Crippen LogP contribution in [0.1, 0.15) is 16.7 Å². The van der Waals surface area contributed by atoms with E-state index in [0.29, 0.717) is 5.69 Å². The van der Waals surface area contributed by atoms with Gasteiger partial charge in [0.1, 0.15) is 5.82 Å². The van der Waals surface area contributed by atoms with Gasteiger partial charge in [0.2, 0.25) is 0 Å². The molecule has 0 amide bonds. The molecule has 1 heterocycles. The van der Waals surface area contributed by atoms with Crippen LogP contribution in [0.25, 0.3) is 0 Å². The minimum Gasteiger partial charge on any atom is -0.397 e. The molecule has 0 aliphatic carbocycles. The van der Waals surface area contributed by atoms with Crippen molar-refractivity contribution in [2.24, 2.45) is 0 Å². The van der Waals surface area contributed by atoms with Gasteiger partial charge in [-0.15, -0.1) is 0 Å². The average Bonchev–Trinajstić information content (AvgIpc) is 2.27. The van der Waals surface area contributed by atoms with E-state index in [9.17, 15) is 0 Å². The number of aryl methyl sites for hydroxylation is 3. The molecule has 17 heavy (non-hydrogen) atoms. The number of aromatic nitrogens is 1. The molecule has 88 valence electrons. The molecule has 0 bridgehead atoms. The highest BCUT2D eigenvalue weighted by Crippen LogP contribution is 2.21. The summed E-state index contributed by atoms with van der Waals surface area (Å²) in [6.45, 7) is 6.20. The second kappa shape index (κ2) is 4.45. The molecule has 3 N–H and O–H groups in total. The molecule has 0 unspecified atom stereocenters. The molecule has 0 saturated heterocycles. The van der Waals surface area contributed by atoms with Crippen molar-refractivity contribution < 1.29 is 0 Å². The largest absolute Gasteiger partial charge is 0.397 e. The van der Waals surface area contributed by atoms with Gasteiger partial charge in [0.15, 0.2) is 0 Å². The normalized spacial score (nSPS) is 10.3. The molecule has 0 aliphatic heterocycles. The van der Waals surface area contributed by atoms with Gasteiger partial charge in [-0.1, -0.05) is 6.07 Å². The van der Waals surface area contributed by atoms with Crippen molar-refractivity contribution in [1.82, 2.24) is 4.98 Å². The number of nitrogens with one attached hydrogen (secondary N) is 1. The zero-order chi connectivity index (χ0) is 12.4. The Hall–Kier alpha value is -2.03. The lowest BCUT2D eigenvalue weighted by Crippen LogP contribution is -1.98. The smallest absolute Gasteiger partial charge is 0.133 e. The molecule has 3 nitrogen and oxygen atoms in total. The van der Waals surface area contributed by atoms with Gasteiger partial charge >= 0.3 is 0 Å². The van der Waals surface area contributed by atoms with Gasteiger partial charge in [-0.25, -0.2) is 4.98 Å². The summed E-state index contributed by atoms with van der Waals surface area (Å²) < 4.78 is 0. The van der Waals surface area contributed by atoms with Crippen LogP contribution < -0.4 is 11.1 Å². The van der Waals surface area contributed by atoms with Crippen LogP contribution in [0.5, 0.6) is 0 Å². The topological polar surface area (TPSA) is 50.9 Å². The summed E-state index contributed by atoms with van der Waals surface area (Å²) in [6, 6.07) is 8.19. The SMILES string of the molecule is Cc1ccc(Nc2ncc(N)cc2C)cc1C. The molecule has 1 aromatic heterocycles. The van der Waals surface area contributed by atoms with Crippen LogP contribution in [-0.2, 0) is 0 Å². The van der Waals surface area contributed by atoms with E-state index in [0.717, 1.165) is 17.1 Å². The fourth-order valence-corrected chi connectivity index (χ4v) is 1.68. The molecular weight excluding hydrogens is 210 g/mol. The van der Waals surface area contributed by atoms with Gasteiger partial charge in [-0.3, -0.25) is 0 Å². The predicted octanol–water partition coefficient (Wildman–Crippen LogP) is 3.33. The number of nitrogens with zero attached hydrogens (tertiary/aromatic N) is 1. The van der Waals surface area contributed by atoms with E-state index in [2.05, 4.69) is 42.3 Å². The summed E-state index contributed by atoms with van der Waals surface area (Å²) >= 11 is 0. The molecule has 1 aromatic carbocycles. The van der Waals surface area contributed by atoms with Crippen molar-refractivity contribution in [3.8, 4) is 0 Å². The van der Waals surface area contributed by atoms with Crippen LogP contribution in [0.2, 0.25) is 0 Å². The summed E-state index contributed by atoms with van der Waals surface area (Å²) in [7, 11) is 0. The minimum atomic E-state index is 0.688. The number of hydrogen-bond donors (Lipinski definition) is 2. The van der Waals surface area contributed by atoms with Crippen molar-refractivity contribution in [2.75, 3.05) is 11.1 Å². The minimum absolute atomic E-state index is 0.688. The number of nitrogens with two attached hydrogens (primary N) is 1. The van der Waals surface area contributed by atoms with Crippen molar-refractivity contribution in [3.05, 3.63) is 47.2 Å². The lowest BCUT2D eigenvalue weighted by Gasteiger charge is -2.10. The highest BCUT2D eigenvalue weighted by molar-refractivity contribution is 5.62. The maximum atomic E-state index is 5.67. The Kier molecular flexibility index (Phi) is 3.00. The summed E-state index contributed by atoms with van der Waals surface area (Å²) in [4.78, 5) is 4.29. The van der Waals surface area contributed by atoms with E-state index in [1.54, 1.807) is 6.20 Å². The third kappa shape index (κ3) is 2.56. The van der Waals surface area contributed by atoms with Gasteiger partial charge in [0, 0.05) is 5.69 Å². The van der Waals surface area contributed by atoms with E-state index in [1.165, 1.54) is 11.1 Å². The number of pyridine rings is 1. The van der Waals surface area contributed by atoms with Gasteiger partial charge in [-0.2, -0.15) is 0 Å². The lowest BCUT2D eigenvalue weighted by atomic mass is 10.1.